The van der Waals surface area contributed by atoms with E-state index in [0.717, 1.165) is 23.6 Å². The van der Waals surface area contributed by atoms with Crippen LogP contribution in [0.15, 0.2) is 52.3 Å². The zero-order valence-corrected chi connectivity index (χ0v) is 21.6. The van der Waals surface area contributed by atoms with Crippen LogP contribution < -0.4 is 21.2 Å². The Morgan fingerprint density at radius 2 is 1.85 bits per heavy atom. The normalized spacial score (nSPS) is 15.3. The third-order valence-corrected chi connectivity index (χ3v) is 7.17. The smallest absolute Gasteiger partial charge is 0.419 e. The van der Waals surface area contributed by atoms with Crippen molar-refractivity contribution in [3.63, 3.8) is 0 Å². The summed E-state index contributed by atoms with van der Waals surface area (Å²) in [5, 5.41) is 7.61. The molecule has 3 aromatic heterocycles. The van der Waals surface area contributed by atoms with Gasteiger partial charge in [-0.25, -0.2) is 14.1 Å². The van der Waals surface area contributed by atoms with Gasteiger partial charge in [-0.05, 0) is 38.8 Å². The summed E-state index contributed by atoms with van der Waals surface area (Å²) >= 11 is 0. The Bertz CT molecular complexity index is 1710. The van der Waals surface area contributed by atoms with Gasteiger partial charge in [-0.2, -0.15) is 18.3 Å². The molecule has 0 aliphatic heterocycles. The van der Waals surface area contributed by atoms with Gasteiger partial charge in [0.05, 0.1) is 29.7 Å². The summed E-state index contributed by atoms with van der Waals surface area (Å²) < 4.78 is 62.6. The zero-order valence-electron chi connectivity index (χ0n) is 21.6. The average molecular weight is 544 g/mol. The molecule has 5 rings (SSSR count). The molecule has 4 aromatic rings. The minimum absolute atomic E-state index is 0.0594. The van der Waals surface area contributed by atoms with E-state index in [0.29, 0.717) is 17.5 Å². The number of aromatic nitrogens is 4. The molecule has 39 heavy (non-hydrogen) atoms. The van der Waals surface area contributed by atoms with E-state index >= 15 is 0 Å². The van der Waals surface area contributed by atoms with E-state index in [-0.39, 0.29) is 33.3 Å². The van der Waals surface area contributed by atoms with Gasteiger partial charge < -0.3 is 14.6 Å². The fraction of sp³-hybridized carbons (Fsp3) is 0.333. The number of alkyl halides is 3. The Kier molecular flexibility index (Phi) is 6.23. The molecule has 1 aliphatic rings. The van der Waals surface area contributed by atoms with Gasteiger partial charge in [-0.15, -0.1) is 0 Å². The molecule has 0 amide bonds. The Hall–Kier alpha value is -4.22. The maximum Gasteiger partial charge on any atom is 0.419 e. The number of rotatable bonds is 6. The maximum absolute atomic E-state index is 14.9. The fourth-order valence-corrected chi connectivity index (χ4v) is 4.66. The highest BCUT2D eigenvalue weighted by molar-refractivity contribution is 6.00. The maximum atomic E-state index is 14.9. The lowest BCUT2D eigenvalue weighted by atomic mass is 10.0. The van der Waals surface area contributed by atoms with E-state index in [4.69, 9.17) is 4.74 Å². The number of nitrogens with one attached hydrogen (secondary N) is 1. The third kappa shape index (κ3) is 4.53. The highest BCUT2D eigenvalue weighted by Gasteiger charge is 2.41. The minimum Gasteiger partial charge on any atom is -0.481 e. The van der Waals surface area contributed by atoms with Crippen LogP contribution in [0.1, 0.15) is 43.9 Å². The Morgan fingerprint density at radius 1 is 1.13 bits per heavy atom. The fourth-order valence-electron chi connectivity index (χ4n) is 4.66. The summed E-state index contributed by atoms with van der Waals surface area (Å²) in [5.41, 5.74) is -2.52. The van der Waals surface area contributed by atoms with Gasteiger partial charge in [-0.1, -0.05) is 12.1 Å². The van der Waals surface area contributed by atoms with Crippen LogP contribution in [-0.4, -0.2) is 26.4 Å². The van der Waals surface area contributed by atoms with Crippen molar-refractivity contribution in [3.05, 3.63) is 80.4 Å². The second-order valence-electron chi connectivity index (χ2n) is 9.90. The van der Waals surface area contributed by atoms with Gasteiger partial charge in [0.25, 0.3) is 11.1 Å². The predicted octanol–water partition coefficient (Wildman–Crippen LogP) is 5.01. The minimum atomic E-state index is -4.86. The van der Waals surface area contributed by atoms with E-state index in [1.165, 1.54) is 39.5 Å². The SMILES string of the molecule is COc1ccc(-c2c(=O)n(C3(C)CC3)cc3c(N[C@H](C)c4cccc(C(F)(F)F)c4F)nn(C)c(=O)c23)cn1. The number of fused-ring (bicyclic) bond motifs is 1. The van der Waals surface area contributed by atoms with Gasteiger partial charge in [0, 0.05) is 47.6 Å². The molecule has 0 radical (unpaired) electrons. The quantitative estimate of drug-likeness (QED) is 0.344. The van der Waals surface area contributed by atoms with Gasteiger partial charge >= 0.3 is 6.18 Å². The lowest BCUT2D eigenvalue weighted by Crippen LogP contribution is -2.32. The van der Waals surface area contributed by atoms with E-state index in [2.05, 4.69) is 15.4 Å². The Morgan fingerprint density at radius 3 is 2.44 bits per heavy atom. The monoisotopic (exact) mass is 543 g/mol. The molecule has 3 heterocycles. The molecule has 1 aromatic carbocycles. The van der Waals surface area contributed by atoms with Crippen LogP contribution in [0.25, 0.3) is 21.9 Å². The zero-order chi connectivity index (χ0) is 28.3. The van der Waals surface area contributed by atoms with Crippen LogP contribution in [0.3, 0.4) is 0 Å². The molecule has 12 heteroatoms. The number of aryl methyl sites for hydroxylation is 1. The Labute approximate surface area is 219 Å². The first kappa shape index (κ1) is 26.4. The number of methoxy groups -OCH3 is 1. The molecular formula is C27H25F4N5O3. The number of pyridine rings is 2. The first-order valence-corrected chi connectivity index (χ1v) is 12.2. The second kappa shape index (κ2) is 9.21. The number of halogens is 4. The van der Waals surface area contributed by atoms with Crippen molar-refractivity contribution in [1.29, 1.82) is 0 Å². The number of hydrogen-bond donors (Lipinski definition) is 1. The van der Waals surface area contributed by atoms with E-state index in [9.17, 15) is 27.2 Å². The predicted molar refractivity (Wildman–Crippen MR) is 137 cm³/mol. The van der Waals surface area contributed by atoms with Crippen molar-refractivity contribution in [1.82, 2.24) is 19.3 Å². The summed E-state index contributed by atoms with van der Waals surface area (Å²) in [4.78, 5) is 31.3. The number of ether oxygens (including phenoxy) is 1. The molecule has 204 valence electrons. The van der Waals surface area contributed by atoms with Gasteiger partial charge in [0.15, 0.2) is 5.82 Å². The summed E-state index contributed by atoms with van der Waals surface area (Å²) in [6, 6.07) is 5.28. The molecule has 0 bridgehead atoms. The summed E-state index contributed by atoms with van der Waals surface area (Å²) in [6.45, 7) is 3.40. The van der Waals surface area contributed by atoms with Crippen molar-refractivity contribution in [2.75, 3.05) is 12.4 Å². The molecule has 1 N–H and O–H groups in total. The van der Waals surface area contributed by atoms with Crippen LogP contribution in [0.4, 0.5) is 23.4 Å². The highest BCUT2D eigenvalue weighted by Crippen LogP contribution is 2.43. The molecule has 8 nitrogen and oxygen atoms in total. The van der Waals surface area contributed by atoms with E-state index in [1.807, 2.05) is 6.92 Å². The molecule has 1 atom stereocenters. The number of hydrogen-bond acceptors (Lipinski definition) is 6. The van der Waals surface area contributed by atoms with Gasteiger partial charge in [-0.3, -0.25) is 9.59 Å². The molecule has 1 aliphatic carbocycles. The molecule has 0 unspecified atom stereocenters. The summed E-state index contributed by atoms with van der Waals surface area (Å²) in [5.74, 6) is -0.967. The highest BCUT2D eigenvalue weighted by atomic mass is 19.4. The largest absolute Gasteiger partial charge is 0.481 e. The van der Waals surface area contributed by atoms with Crippen LogP contribution in [0, 0.1) is 5.82 Å². The third-order valence-electron chi connectivity index (χ3n) is 7.17. The second-order valence-corrected chi connectivity index (χ2v) is 9.90. The first-order valence-electron chi connectivity index (χ1n) is 12.2. The molecule has 1 fully saturated rings. The van der Waals surface area contributed by atoms with Crippen LogP contribution in [0.5, 0.6) is 5.88 Å². The molecule has 0 saturated heterocycles. The van der Waals surface area contributed by atoms with Crippen molar-refractivity contribution >= 4 is 16.6 Å². The summed E-state index contributed by atoms with van der Waals surface area (Å²) in [6.07, 6.45) is -0.408. The van der Waals surface area contributed by atoms with Crippen molar-refractivity contribution < 1.29 is 22.3 Å². The topological polar surface area (TPSA) is 91.0 Å². The lowest BCUT2D eigenvalue weighted by molar-refractivity contribution is -0.140. The van der Waals surface area contributed by atoms with E-state index in [1.54, 1.807) is 16.7 Å². The molecule has 1 saturated carbocycles. The number of benzene rings is 1. The standard InChI is InChI=1S/C27H25F4N5O3/c1-14(16-6-5-7-18(22(16)28)27(29,30)31)33-23-17-13-36(26(2)10-11-26)25(38)20(21(17)24(37)35(3)34-23)15-8-9-19(39-4)32-12-15/h5-9,12-14H,10-11H2,1-4H3,(H,33,34)/t14-/m1/s1. The lowest BCUT2D eigenvalue weighted by Gasteiger charge is -2.22. The Balaban J connectivity index is 1.74. The van der Waals surface area contributed by atoms with Crippen molar-refractivity contribution in [2.24, 2.45) is 7.05 Å². The summed E-state index contributed by atoms with van der Waals surface area (Å²) in [7, 11) is 2.85. The van der Waals surface area contributed by atoms with Gasteiger partial charge in [0.2, 0.25) is 5.88 Å². The molecule has 0 spiro atoms. The van der Waals surface area contributed by atoms with Crippen molar-refractivity contribution in [2.45, 2.75) is 44.4 Å². The van der Waals surface area contributed by atoms with Crippen LogP contribution >= 0.6 is 0 Å². The number of nitrogens with zero attached hydrogens (tertiary/aromatic N) is 4. The number of anilines is 1. The van der Waals surface area contributed by atoms with Crippen molar-refractivity contribution in [3.8, 4) is 17.0 Å². The van der Waals surface area contributed by atoms with Crippen LogP contribution in [-0.2, 0) is 18.8 Å². The van der Waals surface area contributed by atoms with E-state index < -0.39 is 34.7 Å². The average Bonchev–Trinajstić information content (AvgIpc) is 3.64. The van der Waals surface area contributed by atoms with Gasteiger partial charge in [0.1, 0.15) is 5.82 Å². The first-order chi connectivity index (χ1) is 18.4. The van der Waals surface area contributed by atoms with Crippen LogP contribution in [0.2, 0.25) is 0 Å². The molecular weight excluding hydrogens is 518 g/mol.